The molecule has 26 heavy (non-hydrogen) atoms. The van der Waals surface area contributed by atoms with Crippen LogP contribution in [0, 0.1) is 0 Å². The fraction of sp³-hybridized carbons (Fsp3) is 0.0476. The molecule has 0 aliphatic heterocycles. The number of esters is 1. The van der Waals surface area contributed by atoms with E-state index in [4.69, 9.17) is 9.72 Å². The van der Waals surface area contributed by atoms with Crippen LogP contribution >= 0.6 is 12.4 Å². The Morgan fingerprint density at radius 3 is 1.92 bits per heavy atom. The highest BCUT2D eigenvalue weighted by atomic mass is 35.5. The van der Waals surface area contributed by atoms with Crippen molar-refractivity contribution in [3.05, 3.63) is 72.8 Å². The van der Waals surface area contributed by atoms with Crippen molar-refractivity contribution in [3.63, 3.8) is 0 Å². The minimum absolute atomic E-state index is 0. The molecular formula is C21H17ClN2O2. The first kappa shape index (κ1) is 17.7. The van der Waals surface area contributed by atoms with Crippen molar-refractivity contribution < 1.29 is 9.53 Å². The summed E-state index contributed by atoms with van der Waals surface area (Å²) in [5, 5.41) is 5.61. The van der Waals surface area contributed by atoms with Crippen LogP contribution in [0.15, 0.2) is 72.8 Å². The number of carbonyl (C=O) groups is 1. The number of nitrogens with zero attached hydrogens (tertiary/aromatic N) is 1. The second-order valence-corrected chi connectivity index (χ2v) is 5.76. The number of carbonyl (C=O) groups excluding carboxylic acids is 1. The number of halogens is 1. The molecule has 0 amide bonds. The summed E-state index contributed by atoms with van der Waals surface area (Å²) < 4.78 is 5.08. The van der Waals surface area contributed by atoms with E-state index in [1.165, 1.54) is 6.92 Å². The zero-order valence-corrected chi connectivity index (χ0v) is 14.9. The van der Waals surface area contributed by atoms with Crippen LogP contribution in [0.4, 0.5) is 11.4 Å². The van der Waals surface area contributed by atoms with Gasteiger partial charge < -0.3 is 10.1 Å². The van der Waals surface area contributed by atoms with Gasteiger partial charge in [-0.3, -0.25) is 4.79 Å². The summed E-state index contributed by atoms with van der Waals surface area (Å²) in [6.45, 7) is 1.39. The van der Waals surface area contributed by atoms with Gasteiger partial charge in [-0.05, 0) is 36.4 Å². The zero-order valence-electron chi connectivity index (χ0n) is 14.1. The van der Waals surface area contributed by atoms with Crippen LogP contribution in [0.25, 0.3) is 21.8 Å². The Labute approximate surface area is 157 Å². The molecule has 1 N–H and O–H groups in total. The van der Waals surface area contributed by atoms with Crippen molar-refractivity contribution in [2.75, 3.05) is 5.32 Å². The molecule has 0 fully saturated rings. The fourth-order valence-corrected chi connectivity index (χ4v) is 2.89. The average molecular weight is 365 g/mol. The van der Waals surface area contributed by atoms with E-state index in [9.17, 15) is 4.79 Å². The van der Waals surface area contributed by atoms with Gasteiger partial charge in [0.15, 0.2) is 0 Å². The maximum absolute atomic E-state index is 11.0. The molecule has 1 aromatic heterocycles. The molecule has 0 unspecified atom stereocenters. The van der Waals surface area contributed by atoms with Gasteiger partial charge in [0.1, 0.15) is 5.75 Å². The number of nitrogens with one attached hydrogen (secondary N) is 1. The van der Waals surface area contributed by atoms with E-state index in [0.29, 0.717) is 5.75 Å². The van der Waals surface area contributed by atoms with E-state index in [-0.39, 0.29) is 18.4 Å². The smallest absolute Gasteiger partial charge is 0.308 e. The molecule has 0 bridgehead atoms. The molecule has 0 saturated carbocycles. The van der Waals surface area contributed by atoms with Crippen LogP contribution < -0.4 is 10.1 Å². The molecule has 0 atom stereocenters. The van der Waals surface area contributed by atoms with Crippen molar-refractivity contribution in [1.82, 2.24) is 4.98 Å². The topological polar surface area (TPSA) is 51.2 Å². The van der Waals surface area contributed by atoms with Gasteiger partial charge in [0.05, 0.1) is 16.7 Å². The van der Waals surface area contributed by atoms with Gasteiger partial charge >= 0.3 is 5.97 Å². The number of ether oxygens (including phenoxy) is 1. The molecule has 0 spiro atoms. The molecule has 4 aromatic rings. The van der Waals surface area contributed by atoms with Gasteiger partial charge in [-0.15, -0.1) is 12.4 Å². The van der Waals surface area contributed by atoms with E-state index in [1.54, 1.807) is 12.1 Å². The minimum Gasteiger partial charge on any atom is -0.427 e. The van der Waals surface area contributed by atoms with E-state index < -0.39 is 0 Å². The van der Waals surface area contributed by atoms with Crippen LogP contribution in [0.2, 0.25) is 0 Å². The van der Waals surface area contributed by atoms with E-state index >= 15 is 0 Å². The predicted octanol–water partition coefficient (Wildman–Crippen LogP) is 5.48. The lowest BCUT2D eigenvalue weighted by atomic mass is 10.1. The van der Waals surface area contributed by atoms with Gasteiger partial charge in [-0.25, -0.2) is 4.98 Å². The molecule has 3 aromatic carbocycles. The Kier molecular flexibility index (Phi) is 5.05. The SMILES string of the molecule is CC(=O)Oc1ccc(Nc2c3ccccc3nc3ccccc23)cc1.Cl. The van der Waals surface area contributed by atoms with Crippen LogP contribution in [0.3, 0.4) is 0 Å². The molecule has 5 heteroatoms. The number of benzene rings is 3. The van der Waals surface area contributed by atoms with Gasteiger partial charge in [-0.2, -0.15) is 0 Å². The van der Waals surface area contributed by atoms with Gasteiger partial charge in [0.25, 0.3) is 0 Å². The third-order valence-corrected chi connectivity index (χ3v) is 3.97. The second-order valence-electron chi connectivity index (χ2n) is 5.76. The lowest BCUT2D eigenvalue weighted by Crippen LogP contribution is -2.01. The first-order chi connectivity index (χ1) is 12.2. The number of fused-ring (bicyclic) bond motifs is 2. The molecular weight excluding hydrogens is 348 g/mol. The van der Waals surface area contributed by atoms with Crippen LogP contribution in [-0.2, 0) is 4.79 Å². The van der Waals surface area contributed by atoms with Crippen LogP contribution in [0.5, 0.6) is 5.75 Å². The summed E-state index contributed by atoms with van der Waals surface area (Å²) in [5.74, 6) is 0.203. The van der Waals surface area contributed by atoms with Crippen LogP contribution in [-0.4, -0.2) is 11.0 Å². The first-order valence-corrected chi connectivity index (χ1v) is 8.04. The number of hydrogen-bond acceptors (Lipinski definition) is 4. The number of pyridine rings is 1. The highest BCUT2D eigenvalue weighted by Crippen LogP contribution is 2.33. The van der Waals surface area contributed by atoms with Gasteiger partial charge in [0, 0.05) is 23.4 Å². The Bertz CT molecular complexity index is 1020. The van der Waals surface area contributed by atoms with Crippen molar-refractivity contribution >= 4 is 51.6 Å². The van der Waals surface area contributed by atoms with E-state index in [0.717, 1.165) is 33.2 Å². The summed E-state index contributed by atoms with van der Waals surface area (Å²) in [5.41, 5.74) is 3.82. The summed E-state index contributed by atoms with van der Waals surface area (Å²) in [6, 6.07) is 23.5. The summed E-state index contributed by atoms with van der Waals surface area (Å²) in [4.78, 5) is 15.8. The minimum atomic E-state index is -0.327. The number of rotatable bonds is 3. The highest BCUT2D eigenvalue weighted by Gasteiger charge is 2.09. The molecule has 0 aliphatic rings. The second kappa shape index (κ2) is 7.42. The first-order valence-electron chi connectivity index (χ1n) is 8.04. The molecule has 0 aliphatic carbocycles. The quantitative estimate of drug-likeness (QED) is 0.297. The zero-order chi connectivity index (χ0) is 17.2. The number of anilines is 2. The van der Waals surface area contributed by atoms with Gasteiger partial charge in [-0.1, -0.05) is 36.4 Å². The molecule has 4 rings (SSSR count). The molecule has 4 nitrogen and oxygen atoms in total. The van der Waals surface area contributed by atoms with Gasteiger partial charge in [0.2, 0.25) is 0 Å². The molecule has 0 saturated heterocycles. The average Bonchev–Trinajstić information content (AvgIpc) is 2.62. The Hall–Kier alpha value is -3.11. The van der Waals surface area contributed by atoms with Crippen LogP contribution in [0.1, 0.15) is 6.92 Å². The highest BCUT2D eigenvalue weighted by molar-refractivity contribution is 6.08. The Morgan fingerprint density at radius 1 is 0.846 bits per heavy atom. The largest absolute Gasteiger partial charge is 0.427 e. The van der Waals surface area contributed by atoms with Crippen molar-refractivity contribution in [3.8, 4) is 5.75 Å². The number of aromatic nitrogens is 1. The lowest BCUT2D eigenvalue weighted by Gasteiger charge is -2.13. The summed E-state index contributed by atoms with van der Waals surface area (Å²) >= 11 is 0. The normalized spacial score (nSPS) is 10.3. The molecule has 1 heterocycles. The Morgan fingerprint density at radius 2 is 1.38 bits per heavy atom. The lowest BCUT2D eigenvalue weighted by molar-refractivity contribution is -0.131. The monoisotopic (exact) mass is 364 g/mol. The third kappa shape index (κ3) is 3.46. The summed E-state index contributed by atoms with van der Waals surface area (Å²) in [7, 11) is 0. The number of para-hydroxylation sites is 2. The standard InChI is InChI=1S/C21H16N2O2.ClH/c1-14(24)25-16-12-10-15(11-13-16)22-21-17-6-2-4-8-19(17)23-20-9-5-3-7-18(20)21;/h2-13H,1H3,(H,22,23);1H. The predicted molar refractivity (Wildman–Crippen MR) is 108 cm³/mol. The molecule has 0 radical (unpaired) electrons. The van der Waals surface area contributed by atoms with Crippen molar-refractivity contribution in [1.29, 1.82) is 0 Å². The fourth-order valence-electron chi connectivity index (χ4n) is 2.89. The maximum Gasteiger partial charge on any atom is 0.308 e. The van der Waals surface area contributed by atoms with Crippen molar-refractivity contribution in [2.45, 2.75) is 6.92 Å². The summed E-state index contributed by atoms with van der Waals surface area (Å²) in [6.07, 6.45) is 0. The van der Waals surface area contributed by atoms with E-state index in [1.807, 2.05) is 48.5 Å². The molecule has 130 valence electrons. The number of hydrogen-bond donors (Lipinski definition) is 1. The Balaban J connectivity index is 0.00000196. The van der Waals surface area contributed by atoms with E-state index in [2.05, 4.69) is 17.4 Å². The third-order valence-electron chi connectivity index (χ3n) is 3.97. The maximum atomic E-state index is 11.0. The van der Waals surface area contributed by atoms with Crippen molar-refractivity contribution in [2.24, 2.45) is 0 Å².